The molecule has 1 aliphatic rings. The largest absolute Gasteiger partial charge is 0.391 e. The van der Waals surface area contributed by atoms with E-state index < -0.39 is 12.5 Å². The summed E-state index contributed by atoms with van der Waals surface area (Å²) in [6.07, 6.45) is 0.945. The van der Waals surface area contributed by atoms with Gasteiger partial charge in [0, 0.05) is 6.04 Å². The number of alkyl halides is 2. The number of aliphatic hydroxyl groups is 1. The van der Waals surface area contributed by atoms with Crippen LogP contribution in [-0.4, -0.2) is 42.2 Å². The highest BCUT2D eigenvalue weighted by molar-refractivity contribution is 4.85. The Morgan fingerprint density at radius 2 is 2.07 bits per heavy atom. The topological polar surface area (TPSA) is 23.5 Å². The molecule has 1 saturated carbocycles. The monoisotopic (exact) mass is 221 g/mol. The first kappa shape index (κ1) is 12.8. The zero-order valence-corrected chi connectivity index (χ0v) is 9.50. The molecule has 1 aliphatic carbocycles. The molecule has 0 spiro atoms. The summed E-state index contributed by atoms with van der Waals surface area (Å²) in [6, 6.07) is -0.0855. The molecule has 0 aromatic heterocycles. The lowest BCUT2D eigenvalue weighted by Crippen LogP contribution is -2.47. The van der Waals surface area contributed by atoms with Crippen molar-refractivity contribution in [3.8, 4) is 0 Å². The third-order valence-electron chi connectivity index (χ3n) is 3.46. The molecule has 0 aromatic carbocycles. The van der Waals surface area contributed by atoms with Crippen molar-refractivity contribution in [1.29, 1.82) is 0 Å². The standard InChI is InChI=1S/C11H21F2NO/c1-3-8-4-5-10(15)9(6-8)14(2)7-11(12)13/h8-11,15H,3-7H2,1-2H3. The Hall–Kier alpha value is -0.220. The van der Waals surface area contributed by atoms with Gasteiger partial charge in [-0.1, -0.05) is 13.3 Å². The first-order chi connectivity index (χ1) is 7.04. The van der Waals surface area contributed by atoms with Crippen LogP contribution < -0.4 is 0 Å². The van der Waals surface area contributed by atoms with E-state index >= 15 is 0 Å². The zero-order valence-electron chi connectivity index (χ0n) is 9.50. The van der Waals surface area contributed by atoms with Gasteiger partial charge in [0.15, 0.2) is 0 Å². The lowest BCUT2D eigenvalue weighted by molar-refractivity contribution is -0.00973. The Kier molecular flexibility index (Phi) is 4.93. The SMILES string of the molecule is CCC1CCC(O)C(N(C)CC(F)F)C1. The van der Waals surface area contributed by atoms with E-state index in [2.05, 4.69) is 6.92 Å². The van der Waals surface area contributed by atoms with Gasteiger partial charge in [0.05, 0.1) is 12.6 Å². The van der Waals surface area contributed by atoms with Gasteiger partial charge in [-0.25, -0.2) is 8.78 Å². The fourth-order valence-electron chi connectivity index (χ4n) is 2.41. The summed E-state index contributed by atoms with van der Waals surface area (Å²) < 4.78 is 24.4. The van der Waals surface area contributed by atoms with Gasteiger partial charge in [-0.15, -0.1) is 0 Å². The van der Waals surface area contributed by atoms with Crippen LogP contribution in [0.3, 0.4) is 0 Å². The number of likely N-dealkylation sites (N-methyl/N-ethyl adjacent to an activating group) is 1. The van der Waals surface area contributed by atoms with Crippen LogP contribution in [-0.2, 0) is 0 Å². The average Bonchev–Trinajstić information content (AvgIpc) is 2.17. The number of hydrogen-bond donors (Lipinski definition) is 1. The number of hydrogen-bond acceptors (Lipinski definition) is 2. The molecule has 1 rings (SSSR count). The van der Waals surface area contributed by atoms with E-state index in [9.17, 15) is 13.9 Å². The maximum absolute atomic E-state index is 12.2. The van der Waals surface area contributed by atoms with Crippen LogP contribution in [0.15, 0.2) is 0 Å². The van der Waals surface area contributed by atoms with E-state index in [1.807, 2.05) is 0 Å². The number of halogens is 2. The molecule has 0 aliphatic heterocycles. The molecule has 1 fully saturated rings. The van der Waals surface area contributed by atoms with Crippen molar-refractivity contribution in [2.45, 2.75) is 51.2 Å². The molecule has 0 aromatic rings. The van der Waals surface area contributed by atoms with Crippen LogP contribution in [0.5, 0.6) is 0 Å². The van der Waals surface area contributed by atoms with Crippen molar-refractivity contribution in [2.75, 3.05) is 13.6 Å². The molecule has 3 unspecified atom stereocenters. The molecule has 90 valence electrons. The van der Waals surface area contributed by atoms with E-state index in [-0.39, 0.29) is 12.6 Å². The van der Waals surface area contributed by atoms with Gasteiger partial charge in [0.25, 0.3) is 6.43 Å². The van der Waals surface area contributed by atoms with Crippen molar-refractivity contribution >= 4 is 0 Å². The van der Waals surface area contributed by atoms with Crippen molar-refractivity contribution in [3.63, 3.8) is 0 Å². The summed E-state index contributed by atoms with van der Waals surface area (Å²) in [4.78, 5) is 1.61. The van der Waals surface area contributed by atoms with Crippen LogP contribution in [0, 0.1) is 5.92 Å². The Morgan fingerprint density at radius 1 is 1.40 bits per heavy atom. The molecule has 3 atom stereocenters. The predicted octanol–water partition coefficient (Wildman–Crippen LogP) is 2.12. The minimum absolute atomic E-state index is 0.0855. The first-order valence-electron chi connectivity index (χ1n) is 5.71. The summed E-state index contributed by atoms with van der Waals surface area (Å²) >= 11 is 0. The average molecular weight is 221 g/mol. The van der Waals surface area contributed by atoms with Gasteiger partial charge in [-0.05, 0) is 32.2 Å². The molecule has 0 saturated heterocycles. The minimum atomic E-state index is -2.32. The van der Waals surface area contributed by atoms with Gasteiger partial charge >= 0.3 is 0 Å². The summed E-state index contributed by atoms with van der Waals surface area (Å²) in [7, 11) is 1.68. The number of rotatable bonds is 4. The molecule has 0 heterocycles. The maximum atomic E-state index is 12.2. The van der Waals surface area contributed by atoms with Gasteiger partial charge in [-0.3, -0.25) is 4.90 Å². The molecule has 0 bridgehead atoms. The maximum Gasteiger partial charge on any atom is 0.251 e. The van der Waals surface area contributed by atoms with Gasteiger partial charge < -0.3 is 5.11 Å². The third-order valence-corrected chi connectivity index (χ3v) is 3.46. The smallest absolute Gasteiger partial charge is 0.251 e. The van der Waals surface area contributed by atoms with Gasteiger partial charge in [0.2, 0.25) is 0 Å². The van der Waals surface area contributed by atoms with E-state index in [1.54, 1.807) is 11.9 Å². The number of nitrogens with zero attached hydrogens (tertiary/aromatic N) is 1. The second-order valence-electron chi connectivity index (χ2n) is 4.55. The minimum Gasteiger partial charge on any atom is -0.391 e. The Labute approximate surface area is 90.3 Å². The van der Waals surface area contributed by atoms with Crippen LogP contribution >= 0.6 is 0 Å². The molecule has 0 radical (unpaired) electrons. The van der Waals surface area contributed by atoms with Crippen molar-refractivity contribution < 1.29 is 13.9 Å². The third kappa shape index (κ3) is 3.68. The summed E-state index contributed by atoms with van der Waals surface area (Å²) in [5.41, 5.74) is 0. The highest BCUT2D eigenvalue weighted by atomic mass is 19.3. The van der Waals surface area contributed by atoms with E-state index in [0.717, 1.165) is 25.7 Å². The molecular weight excluding hydrogens is 200 g/mol. The summed E-state index contributed by atoms with van der Waals surface area (Å²) in [5.74, 6) is 0.582. The predicted molar refractivity (Wildman–Crippen MR) is 56.1 cm³/mol. The van der Waals surface area contributed by atoms with Gasteiger partial charge in [0.1, 0.15) is 0 Å². The summed E-state index contributed by atoms with van der Waals surface area (Å²) in [5, 5.41) is 9.78. The van der Waals surface area contributed by atoms with Crippen LogP contribution in [0.1, 0.15) is 32.6 Å². The zero-order chi connectivity index (χ0) is 11.4. The quantitative estimate of drug-likeness (QED) is 0.786. The normalized spacial score (nSPS) is 32.6. The second-order valence-corrected chi connectivity index (χ2v) is 4.55. The fraction of sp³-hybridized carbons (Fsp3) is 1.00. The van der Waals surface area contributed by atoms with Gasteiger partial charge in [-0.2, -0.15) is 0 Å². The van der Waals surface area contributed by atoms with E-state index in [0.29, 0.717) is 5.92 Å². The lowest BCUT2D eigenvalue weighted by Gasteiger charge is -2.38. The van der Waals surface area contributed by atoms with Crippen LogP contribution in [0.25, 0.3) is 0 Å². The molecule has 2 nitrogen and oxygen atoms in total. The van der Waals surface area contributed by atoms with Crippen molar-refractivity contribution in [1.82, 2.24) is 4.90 Å². The van der Waals surface area contributed by atoms with Crippen molar-refractivity contribution in [3.05, 3.63) is 0 Å². The lowest BCUT2D eigenvalue weighted by atomic mass is 9.82. The molecular formula is C11H21F2NO. The Balaban J connectivity index is 2.49. The Morgan fingerprint density at radius 3 is 2.60 bits per heavy atom. The molecule has 15 heavy (non-hydrogen) atoms. The van der Waals surface area contributed by atoms with Crippen molar-refractivity contribution in [2.24, 2.45) is 5.92 Å². The van der Waals surface area contributed by atoms with E-state index in [1.165, 1.54) is 0 Å². The second kappa shape index (κ2) is 5.75. The Bertz CT molecular complexity index is 189. The van der Waals surface area contributed by atoms with E-state index in [4.69, 9.17) is 0 Å². The molecule has 1 N–H and O–H groups in total. The highest BCUT2D eigenvalue weighted by Crippen LogP contribution is 2.29. The number of aliphatic hydroxyl groups excluding tert-OH is 1. The highest BCUT2D eigenvalue weighted by Gasteiger charge is 2.31. The molecule has 4 heteroatoms. The first-order valence-corrected chi connectivity index (χ1v) is 5.71. The summed E-state index contributed by atoms with van der Waals surface area (Å²) in [6.45, 7) is 1.88. The van der Waals surface area contributed by atoms with Crippen LogP contribution in [0.4, 0.5) is 8.78 Å². The van der Waals surface area contributed by atoms with Crippen LogP contribution in [0.2, 0.25) is 0 Å². The molecule has 0 amide bonds. The fourth-order valence-corrected chi connectivity index (χ4v) is 2.41.